The molecule has 1 aromatic rings. The van der Waals surface area contributed by atoms with Crippen LogP contribution in [0.25, 0.3) is 0 Å². The third-order valence-electron chi connectivity index (χ3n) is 3.40. The lowest BCUT2D eigenvalue weighted by molar-refractivity contribution is 0.273. The van der Waals surface area contributed by atoms with E-state index in [-0.39, 0.29) is 0 Å². The van der Waals surface area contributed by atoms with Crippen LogP contribution in [0.3, 0.4) is 0 Å². The van der Waals surface area contributed by atoms with Gasteiger partial charge in [0.1, 0.15) is 18.0 Å². The number of rotatable bonds is 8. The van der Waals surface area contributed by atoms with Crippen LogP contribution in [0.15, 0.2) is 6.33 Å². The van der Waals surface area contributed by atoms with Crippen molar-refractivity contribution >= 4 is 11.6 Å². The maximum Gasteiger partial charge on any atom is 0.134 e. The number of anilines is 2. The molecule has 1 aromatic heterocycles. The standard InChI is InChI=1S/C14H27N5/c1-6-12-13(15-4)17-10-18-14(12)16-8-7-9-19(5)11(2)3/h10-11H,6-9H2,1-5H3,(H2,15,16,17,18). The molecule has 0 atom stereocenters. The number of nitrogens with one attached hydrogen (secondary N) is 2. The van der Waals surface area contributed by atoms with E-state index in [0.29, 0.717) is 6.04 Å². The van der Waals surface area contributed by atoms with E-state index in [0.717, 1.165) is 43.1 Å². The largest absolute Gasteiger partial charge is 0.373 e. The maximum atomic E-state index is 4.33. The molecule has 0 fully saturated rings. The zero-order chi connectivity index (χ0) is 14.3. The molecule has 0 bridgehead atoms. The van der Waals surface area contributed by atoms with E-state index in [2.05, 4.69) is 53.3 Å². The van der Waals surface area contributed by atoms with Crippen molar-refractivity contribution in [1.82, 2.24) is 14.9 Å². The van der Waals surface area contributed by atoms with Crippen LogP contribution in [-0.2, 0) is 6.42 Å². The highest BCUT2D eigenvalue weighted by Crippen LogP contribution is 2.19. The van der Waals surface area contributed by atoms with Gasteiger partial charge in [-0.05, 0) is 40.3 Å². The van der Waals surface area contributed by atoms with Crippen LogP contribution in [-0.4, -0.2) is 48.1 Å². The van der Waals surface area contributed by atoms with Crippen molar-refractivity contribution in [3.63, 3.8) is 0 Å². The predicted molar refractivity (Wildman–Crippen MR) is 81.8 cm³/mol. The van der Waals surface area contributed by atoms with Crippen LogP contribution in [0.5, 0.6) is 0 Å². The molecule has 0 aromatic carbocycles. The highest BCUT2D eigenvalue weighted by molar-refractivity contribution is 5.56. The van der Waals surface area contributed by atoms with Gasteiger partial charge in [-0.2, -0.15) is 0 Å². The molecule has 0 radical (unpaired) electrons. The Morgan fingerprint density at radius 3 is 2.53 bits per heavy atom. The highest BCUT2D eigenvalue weighted by atomic mass is 15.1. The van der Waals surface area contributed by atoms with Crippen molar-refractivity contribution in [2.75, 3.05) is 37.8 Å². The second-order valence-corrected chi connectivity index (χ2v) is 5.01. The molecule has 5 nitrogen and oxygen atoms in total. The summed E-state index contributed by atoms with van der Waals surface area (Å²) in [5.74, 6) is 1.87. The summed E-state index contributed by atoms with van der Waals surface area (Å²) in [5.41, 5.74) is 1.15. The fourth-order valence-electron chi connectivity index (χ4n) is 1.91. The minimum absolute atomic E-state index is 0.598. The molecular formula is C14H27N5. The van der Waals surface area contributed by atoms with Gasteiger partial charge in [0.2, 0.25) is 0 Å². The van der Waals surface area contributed by atoms with Gasteiger partial charge in [-0.3, -0.25) is 0 Å². The summed E-state index contributed by atoms with van der Waals surface area (Å²) in [5, 5.41) is 6.53. The summed E-state index contributed by atoms with van der Waals surface area (Å²) < 4.78 is 0. The third-order valence-corrected chi connectivity index (χ3v) is 3.40. The summed E-state index contributed by atoms with van der Waals surface area (Å²) in [6.07, 6.45) is 3.63. The van der Waals surface area contributed by atoms with E-state index >= 15 is 0 Å². The molecule has 1 heterocycles. The molecule has 5 heteroatoms. The Kier molecular flexibility index (Phi) is 6.56. The first-order valence-corrected chi connectivity index (χ1v) is 7.05. The monoisotopic (exact) mass is 265 g/mol. The van der Waals surface area contributed by atoms with Crippen molar-refractivity contribution in [1.29, 1.82) is 0 Å². The zero-order valence-electron chi connectivity index (χ0n) is 12.8. The Morgan fingerprint density at radius 2 is 1.95 bits per heavy atom. The van der Waals surface area contributed by atoms with Gasteiger partial charge < -0.3 is 15.5 Å². The van der Waals surface area contributed by atoms with E-state index < -0.39 is 0 Å². The first-order chi connectivity index (χ1) is 9.10. The van der Waals surface area contributed by atoms with Crippen molar-refractivity contribution in [3.05, 3.63) is 11.9 Å². The molecule has 0 saturated carbocycles. The quantitative estimate of drug-likeness (QED) is 0.706. The summed E-state index contributed by atoms with van der Waals surface area (Å²) in [4.78, 5) is 10.9. The summed E-state index contributed by atoms with van der Waals surface area (Å²) >= 11 is 0. The van der Waals surface area contributed by atoms with Gasteiger partial charge in [-0.25, -0.2) is 9.97 Å². The minimum Gasteiger partial charge on any atom is -0.373 e. The Balaban J connectivity index is 2.49. The molecule has 0 amide bonds. The summed E-state index contributed by atoms with van der Waals surface area (Å²) in [7, 11) is 4.05. The highest BCUT2D eigenvalue weighted by Gasteiger charge is 2.08. The summed E-state index contributed by atoms with van der Waals surface area (Å²) in [6.45, 7) is 8.58. The molecule has 0 spiro atoms. The van der Waals surface area contributed by atoms with Crippen molar-refractivity contribution in [3.8, 4) is 0 Å². The van der Waals surface area contributed by atoms with E-state index in [1.807, 2.05) is 7.05 Å². The van der Waals surface area contributed by atoms with Crippen LogP contribution in [0.1, 0.15) is 32.8 Å². The number of nitrogens with zero attached hydrogens (tertiary/aromatic N) is 3. The van der Waals surface area contributed by atoms with E-state index in [4.69, 9.17) is 0 Å². The van der Waals surface area contributed by atoms with Crippen molar-refractivity contribution in [2.45, 2.75) is 39.7 Å². The average molecular weight is 265 g/mol. The van der Waals surface area contributed by atoms with Crippen LogP contribution in [0.2, 0.25) is 0 Å². The van der Waals surface area contributed by atoms with Gasteiger partial charge in [0, 0.05) is 25.2 Å². The van der Waals surface area contributed by atoms with Gasteiger partial charge in [0.25, 0.3) is 0 Å². The fourth-order valence-corrected chi connectivity index (χ4v) is 1.91. The topological polar surface area (TPSA) is 53.1 Å². The normalized spacial score (nSPS) is 11.1. The Morgan fingerprint density at radius 1 is 1.26 bits per heavy atom. The van der Waals surface area contributed by atoms with Crippen LogP contribution in [0, 0.1) is 0 Å². The molecule has 1 rings (SSSR count). The lowest BCUT2D eigenvalue weighted by atomic mass is 10.2. The Labute approximate surface area is 116 Å². The molecule has 108 valence electrons. The summed E-state index contributed by atoms with van der Waals surface area (Å²) in [6, 6.07) is 0.598. The molecule has 0 unspecified atom stereocenters. The van der Waals surface area contributed by atoms with Gasteiger partial charge in [-0.1, -0.05) is 6.92 Å². The smallest absolute Gasteiger partial charge is 0.134 e. The molecule has 0 aliphatic carbocycles. The Hall–Kier alpha value is -1.36. The molecule has 2 N–H and O–H groups in total. The number of hydrogen-bond acceptors (Lipinski definition) is 5. The van der Waals surface area contributed by atoms with Gasteiger partial charge in [-0.15, -0.1) is 0 Å². The lowest BCUT2D eigenvalue weighted by Crippen LogP contribution is -2.28. The van der Waals surface area contributed by atoms with Gasteiger partial charge >= 0.3 is 0 Å². The number of hydrogen-bond donors (Lipinski definition) is 2. The SMILES string of the molecule is CCc1c(NC)ncnc1NCCCN(C)C(C)C. The lowest BCUT2D eigenvalue weighted by Gasteiger charge is -2.21. The van der Waals surface area contributed by atoms with E-state index in [9.17, 15) is 0 Å². The first-order valence-electron chi connectivity index (χ1n) is 7.05. The molecule has 19 heavy (non-hydrogen) atoms. The van der Waals surface area contributed by atoms with E-state index in [1.54, 1.807) is 6.33 Å². The van der Waals surface area contributed by atoms with Gasteiger partial charge in [0.15, 0.2) is 0 Å². The Bertz CT molecular complexity index is 378. The molecular weight excluding hydrogens is 238 g/mol. The average Bonchev–Trinajstić information content (AvgIpc) is 2.42. The second kappa shape index (κ2) is 7.94. The number of aromatic nitrogens is 2. The van der Waals surface area contributed by atoms with E-state index in [1.165, 1.54) is 0 Å². The molecule has 0 aliphatic rings. The first kappa shape index (κ1) is 15.7. The minimum atomic E-state index is 0.598. The zero-order valence-corrected chi connectivity index (χ0v) is 12.8. The maximum absolute atomic E-state index is 4.33. The van der Waals surface area contributed by atoms with Crippen molar-refractivity contribution < 1.29 is 0 Å². The second-order valence-electron chi connectivity index (χ2n) is 5.01. The fraction of sp³-hybridized carbons (Fsp3) is 0.714. The van der Waals surface area contributed by atoms with Gasteiger partial charge in [0.05, 0.1) is 0 Å². The van der Waals surface area contributed by atoms with Crippen molar-refractivity contribution in [2.24, 2.45) is 0 Å². The molecule has 0 saturated heterocycles. The molecule has 0 aliphatic heterocycles. The van der Waals surface area contributed by atoms with Crippen LogP contribution in [0.4, 0.5) is 11.6 Å². The van der Waals surface area contributed by atoms with Crippen LogP contribution < -0.4 is 10.6 Å². The third kappa shape index (κ3) is 4.67. The van der Waals surface area contributed by atoms with Crippen LogP contribution >= 0.6 is 0 Å². The predicted octanol–water partition coefficient (Wildman–Crippen LogP) is 2.22.